The van der Waals surface area contributed by atoms with Crippen molar-refractivity contribution in [3.63, 3.8) is 0 Å². The van der Waals surface area contributed by atoms with Crippen molar-refractivity contribution in [1.82, 2.24) is 0 Å². The molecule has 8 heavy (non-hydrogen) atoms. The molecule has 0 saturated carbocycles. The van der Waals surface area contributed by atoms with Gasteiger partial charge in [-0.15, -0.1) is 0 Å². The van der Waals surface area contributed by atoms with E-state index in [1.165, 1.54) is 0 Å². The van der Waals surface area contributed by atoms with Gasteiger partial charge in [-0.1, -0.05) is 0 Å². The standard InChI is InChI=1S/C4H9.Na.2O.Sn/c1-3-4-2;;;;/h1,3-4H2,2H3;;;;/q;+1;;-1;. The molecule has 0 unspecified atom stereocenters. The average molecular weight is 231 g/mol. The molecule has 0 aliphatic heterocycles. The van der Waals surface area contributed by atoms with E-state index in [0.29, 0.717) is 4.44 Å². The Balaban J connectivity index is 0. The molecule has 0 amide bonds. The largest absolute Gasteiger partial charge is 1.00 e. The number of hydrogen-bond donors (Lipinski definition) is 0. The maximum Gasteiger partial charge on any atom is 1.00 e. The number of unbranched alkanes of at least 4 members (excludes halogenated alkanes) is 1. The van der Waals surface area contributed by atoms with Gasteiger partial charge in [-0.3, -0.25) is 0 Å². The van der Waals surface area contributed by atoms with E-state index in [1.54, 1.807) is 0 Å². The normalized spacial score (nSPS) is 7.75. The van der Waals surface area contributed by atoms with Gasteiger partial charge in [0, 0.05) is 0 Å². The van der Waals surface area contributed by atoms with Gasteiger partial charge in [0.05, 0.1) is 0 Å². The minimum absolute atomic E-state index is 0. The van der Waals surface area contributed by atoms with Gasteiger partial charge in [-0.25, -0.2) is 0 Å². The van der Waals surface area contributed by atoms with Crippen molar-refractivity contribution in [2.75, 3.05) is 0 Å². The second-order valence-corrected chi connectivity index (χ2v) is 5.03. The second kappa shape index (κ2) is 8.56. The monoisotopic (exact) mass is 232 g/mol. The molecule has 0 fully saturated rings. The van der Waals surface area contributed by atoms with Crippen LogP contribution in [-0.2, 0) is 3.08 Å². The van der Waals surface area contributed by atoms with Crippen LogP contribution in [0, 0.1) is 0 Å². The summed E-state index contributed by atoms with van der Waals surface area (Å²) in [4.78, 5) is 0. The van der Waals surface area contributed by atoms with Crippen molar-refractivity contribution in [3.8, 4) is 0 Å². The molecule has 4 heteroatoms. The van der Waals surface area contributed by atoms with E-state index in [0.717, 1.165) is 12.8 Å². The molecule has 0 aromatic rings. The van der Waals surface area contributed by atoms with Crippen LogP contribution in [0.2, 0.25) is 4.44 Å². The Bertz CT molecular complexity index is 67.1. The quantitative estimate of drug-likeness (QED) is 0.488. The van der Waals surface area contributed by atoms with Gasteiger partial charge in [0.2, 0.25) is 0 Å². The molecule has 0 aliphatic carbocycles. The first-order valence-corrected chi connectivity index (χ1v) is 6.82. The summed E-state index contributed by atoms with van der Waals surface area (Å²) in [7, 11) is 0. The Morgan fingerprint density at radius 3 is 2.25 bits per heavy atom. The van der Waals surface area contributed by atoms with Gasteiger partial charge in [0.1, 0.15) is 0 Å². The molecule has 0 atom stereocenters. The third kappa shape index (κ3) is 10.5. The topological polar surface area (TPSA) is 40.1 Å². The molecule has 0 rings (SSSR count). The van der Waals surface area contributed by atoms with Crippen LogP contribution in [0.15, 0.2) is 0 Å². The number of hydrogen-bond acceptors (Lipinski definition) is 2. The summed E-state index contributed by atoms with van der Waals surface area (Å²) in [6, 6.07) is 0. The van der Waals surface area contributed by atoms with Crippen molar-refractivity contribution >= 4 is 20.2 Å². The zero-order chi connectivity index (χ0) is 5.70. The molecule has 0 bridgehead atoms. The SMILES string of the molecule is CCC[CH2][Sn](=[O])[O-].[Na+]. The van der Waals surface area contributed by atoms with Crippen LogP contribution >= 0.6 is 0 Å². The Labute approximate surface area is 79.6 Å². The molecule has 0 saturated heterocycles. The third-order valence-corrected chi connectivity index (χ3v) is 2.91. The van der Waals surface area contributed by atoms with Gasteiger partial charge < -0.3 is 0 Å². The predicted molar refractivity (Wildman–Crippen MR) is 26.2 cm³/mol. The minimum Gasteiger partial charge on any atom is 1.00 e. The molecule has 2 nitrogen and oxygen atoms in total. The van der Waals surface area contributed by atoms with E-state index in [9.17, 15) is 6.52 Å². The summed E-state index contributed by atoms with van der Waals surface area (Å²) >= 11 is -3.14. The molecule has 0 radical (unpaired) electrons. The number of rotatable bonds is 3. The van der Waals surface area contributed by atoms with Crippen LogP contribution in [0.25, 0.3) is 0 Å². The summed E-state index contributed by atoms with van der Waals surface area (Å²) in [6.07, 6.45) is 1.86. The molecule has 0 spiro atoms. The second-order valence-electron chi connectivity index (χ2n) is 1.48. The first kappa shape index (κ1) is 12.3. The molecule has 0 aromatic carbocycles. The van der Waals surface area contributed by atoms with E-state index in [1.807, 2.05) is 6.92 Å². The van der Waals surface area contributed by atoms with Crippen LogP contribution < -0.4 is 33.0 Å². The Morgan fingerprint density at radius 1 is 1.62 bits per heavy atom. The Kier molecular flexibility index (Phi) is 13.1. The molecule has 0 aliphatic rings. The van der Waals surface area contributed by atoms with Crippen LogP contribution in [0.4, 0.5) is 0 Å². The molecular weight excluding hydrogens is 222 g/mol. The molecule has 0 aromatic heterocycles. The van der Waals surface area contributed by atoms with Crippen molar-refractivity contribution in [2.24, 2.45) is 0 Å². The fourth-order valence-corrected chi connectivity index (χ4v) is 2.15. The molecule has 0 N–H and O–H groups in total. The van der Waals surface area contributed by atoms with Gasteiger partial charge in [0.15, 0.2) is 0 Å². The van der Waals surface area contributed by atoms with Crippen molar-refractivity contribution in [3.05, 3.63) is 0 Å². The van der Waals surface area contributed by atoms with Crippen LogP contribution in [0.3, 0.4) is 0 Å². The first-order valence-electron chi connectivity index (χ1n) is 2.47. The van der Waals surface area contributed by atoms with E-state index in [2.05, 4.69) is 0 Å². The first-order chi connectivity index (χ1) is 3.27. The van der Waals surface area contributed by atoms with Gasteiger partial charge in [0.25, 0.3) is 0 Å². The Hall–Kier alpha value is 1.56. The maximum atomic E-state index is 9.93. The fourth-order valence-electron chi connectivity index (χ4n) is 0.321. The van der Waals surface area contributed by atoms with E-state index >= 15 is 0 Å². The van der Waals surface area contributed by atoms with E-state index < -0.39 is 20.2 Å². The predicted octanol–water partition coefficient (Wildman–Crippen LogP) is -2.93. The third-order valence-electron chi connectivity index (χ3n) is 0.734. The summed E-state index contributed by atoms with van der Waals surface area (Å²) in [6.45, 7) is 1.99. The molecule has 42 valence electrons. The maximum absolute atomic E-state index is 9.93. The van der Waals surface area contributed by atoms with Crippen molar-refractivity contribution in [2.45, 2.75) is 24.2 Å². The minimum atomic E-state index is -3.14. The zero-order valence-corrected chi connectivity index (χ0v) is 10.3. The summed E-state index contributed by atoms with van der Waals surface area (Å²) in [5, 5.41) is 0. The molecular formula is C4H9NaO2Sn. The average Bonchev–Trinajstić information content (AvgIpc) is 1.61. The summed E-state index contributed by atoms with van der Waals surface area (Å²) < 4.78 is 20.3. The van der Waals surface area contributed by atoms with Crippen LogP contribution in [-0.4, -0.2) is 20.2 Å². The van der Waals surface area contributed by atoms with Crippen molar-refractivity contribution < 1.29 is 36.1 Å². The van der Waals surface area contributed by atoms with E-state index in [4.69, 9.17) is 0 Å². The summed E-state index contributed by atoms with van der Waals surface area (Å²) in [5.41, 5.74) is 0. The van der Waals surface area contributed by atoms with Crippen molar-refractivity contribution in [1.29, 1.82) is 0 Å². The smallest absolute Gasteiger partial charge is 1.00 e. The Morgan fingerprint density at radius 2 is 2.12 bits per heavy atom. The van der Waals surface area contributed by atoms with Crippen LogP contribution in [0.5, 0.6) is 0 Å². The summed E-state index contributed by atoms with van der Waals surface area (Å²) in [5.74, 6) is 0. The fraction of sp³-hybridized carbons (Fsp3) is 1.00. The van der Waals surface area contributed by atoms with Gasteiger partial charge in [-0.2, -0.15) is 0 Å². The van der Waals surface area contributed by atoms with E-state index in [-0.39, 0.29) is 29.6 Å². The van der Waals surface area contributed by atoms with Gasteiger partial charge >= 0.3 is 80.4 Å². The zero-order valence-electron chi connectivity index (χ0n) is 5.44. The van der Waals surface area contributed by atoms with Gasteiger partial charge in [-0.05, 0) is 0 Å². The van der Waals surface area contributed by atoms with Crippen LogP contribution in [0.1, 0.15) is 19.8 Å². The molecule has 0 heterocycles.